The molecule has 44 valence electrons. The van der Waals surface area contributed by atoms with Crippen LogP contribution in [0.15, 0.2) is 11.4 Å². The van der Waals surface area contributed by atoms with E-state index in [1.165, 1.54) is 13.2 Å². The zero-order valence-corrected chi connectivity index (χ0v) is 5.17. The van der Waals surface area contributed by atoms with E-state index in [1.54, 1.807) is 5.38 Å². The van der Waals surface area contributed by atoms with Crippen LogP contribution in [-0.2, 0) is 0 Å². The molecule has 0 aliphatic heterocycles. The highest BCUT2D eigenvalue weighted by atomic mass is 32.1. The number of halogens is 1. The van der Waals surface area contributed by atoms with Gasteiger partial charge in [-0.3, -0.25) is 0 Å². The van der Waals surface area contributed by atoms with Gasteiger partial charge in [-0.1, -0.05) is 0 Å². The summed E-state index contributed by atoms with van der Waals surface area (Å²) in [5.41, 5.74) is 0. The van der Waals surface area contributed by atoms with Gasteiger partial charge in [0, 0.05) is 11.4 Å². The smallest absolute Gasteiger partial charge is 0.180 e. The highest BCUT2D eigenvalue weighted by Crippen LogP contribution is 2.18. The molecule has 0 aliphatic carbocycles. The number of hydrogen-bond acceptors (Lipinski definition) is 2. The SMILES string of the molecule is COc1csc(F)c1. The second-order valence-electron chi connectivity index (χ2n) is 1.29. The predicted octanol–water partition coefficient (Wildman–Crippen LogP) is 1.90. The van der Waals surface area contributed by atoms with Crippen molar-refractivity contribution < 1.29 is 9.13 Å². The van der Waals surface area contributed by atoms with Crippen LogP contribution in [0.1, 0.15) is 0 Å². The summed E-state index contributed by atoms with van der Waals surface area (Å²) in [4.78, 5) is 0. The van der Waals surface area contributed by atoms with Crippen molar-refractivity contribution in [3.63, 3.8) is 0 Å². The Morgan fingerprint density at radius 3 is 2.75 bits per heavy atom. The highest BCUT2D eigenvalue weighted by molar-refractivity contribution is 7.08. The van der Waals surface area contributed by atoms with E-state index < -0.39 is 0 Å². The molecule has 1 nitrogen and oxygen atoms in total. The Hall–Kier alpha value is -0.570. The van der Waals surface area contributed by atoms with Gasteiger partial charge in [-0.05, 0) is 0 Å². The molecule has 0 aliphatic rings. The molecule has 8 heavy (non-hydrogen) atoms. The van der Waals surface area contributed by atoms with Crippen LogP contribution < -0.4 is 4.74 Å². The molecule has 0 amide bonds. The average molecular weight is 132 g/mol. The third-order valence-electron chi connectivity index (χ3n) is 0.779. The van der Waals surface area contributed by atoms with Crippen LogP contribution in [0, 0.1) is 5.13 Å². The minimum Gasteiger partial charge on any atom is -0.496 e. The number of methoxy groups -OCH3 is 1. The quantitative estimate of drug-likeness (QED) is 0.567. The summed E-state index contributed by atoms with van der Waals surface area (Å²) in [6, 6.07) is 1.35. The summed E-state index contributed by atoms with van der Waals surface area (Å²) in [5, 5.41) is 1.41. The van der Waals surface area contributed by atoms with Crippen molar-refractivity contribution in [3.05, 3.63) is 16.6 Å². The third-order valence-corrected chi connectivity index (χ3v) is 1.47. The van der Waals surface area contributed by atoms with Gasteiger partial charge in [-0.25, -0.2) is 0 Å². The Labute approximate surface area is 50.7 Å². The lowest BCUT2D eigenvalue weighted by Crippen LogP contribution is -1.75. The van der Waals surface area contributed by atoms with Gasteiger partial charge in [0.05, 0.1) is 7.11 Å². The fraction of sp³-hybridized carbons (Fsp3) is 0.200. The van der Waals surface area contributed by atoms with Crippen molar-refractivity contribution in [3.8, 4) is 5.75 Å². The molecular formula is C5H5FOS. The van der Waals surface area contributed by atoms with Crippen LogP contribution in [0.4, 0.5) is 4.39 Å². The number of rotatable bonds is 1. The van der Waals surface area contributed by atoms with Crippen molar-refractivity contribution >= 4 is 11.3 Å². The van der Waals surface area contributed by atoms with E-state index in [0.717, 1.165) is 11.3 Å². The predicted molar refractivity (Wildman–Crippen MR) is 30.8 cm³/mol. The molecule has 0 aromatic carbocycles. The van der Waals surface area contributed by atoms with Gasteiger partial charge >= 0.3 is 0 Å². The number of thiophene rings is 1. The van der Waals surface area contributed by atoms with Crippen molar-refractivity contribution in [1.82, 2.24) is 0 Å². The molecule has 1 aromatic heterocycles. The summed E-state index contributed by atoms with van der Waals surface area (Å²) in [6.07, 6.45) is 0. The first-order valence-corrected chi connectivity index (χ1v) is 2.99. The van der Waals surface area contributed by atoms with Gasteiger partial charge in [0.25, 0.3) is 0 Å². The number of hydrogen-bond donors (Lipinski definition) is 0. The minimum absolute atomic E-state index is 0.207. The molecule has 0 fully saturated rings. The van der Waals surface area contributed by atoms with E-state index in [1.807, 2.05) is 0 Å². The first-order valence-electron chi connectivity index (χ1n) is 2.11. The van der Waals surface area contributed by atoms with Crippen LogP contribution in [0.3, 0.4) is 0 Å². The van der Waals surface area contributed by atoms with E-state index in [9.17, 15) is 4.39 Å². The molecule has 0 bridgehead atoms. The molecule has 0 spiro atoms. The molecular weight excluding hydrogens is 127 g/mol. The maximum Gasteiger partial charge on any atom is 0.180 e. The van der Waals surface area contributed by atoms with Gasteiger partial charge < -0.3 is 4.74 Å². The fourth-order valence-corrected chi connectivity index (χ4v) is 0.978. The highest BCUT2D eigenvalue weighted by Gasteiger charge is 1.94. The van der Waals surface area contributed by atoms with Crippen molar-refractivity contribution in [2.75, 3.05) is 7.11 Å². The average Bonchev–Trinajstić information content (AvgIpc) is 2.14. The second-order valence-corrected chi connectivity index (χ2v) is 2.15. The first-order chi connectivity index (χ1) is 3.83. The van der Waals surface area contributed by atoms with Crippen molar-refractivity contribution in [2.45, 2.75) is 0 Å². The first kappa shape index (κ1) is 5.56. The standard InChI is InChI=1S/C5H5FOS/c1-7-4-2-5(6)8-3-4/h2-3H,1H3. The van der Waals surface area contributed by atoms with E-state index in [4.69, 9.17) is 4.74 Å². The summed E-state index contributed by atoms with van der Waals surface area (Å²) in [6.45, 7) is 0. The molecule has 0 N–H and O–H groups in total. The van der Waals surface area contributed by atoms with Crippen molar-refractivity contribution in [2.24, 2.45) is 0 Å². The normalized spacial score (nSPS) is 9.25. The lowest BCUT2D eigenvalue weighted by molar-refractivity contribution is 0.415. The minimum atomic E-state index is -0.207. The Kier molecular flexibility index (Phi) is 1.48. The zero-order valence-electron chi connectivity index (χ0n) is 4.35. The zero-order chi connectivity index (χ0) is 5.98. The Morgan fingerprint density at radius 2 is 2.50 bits per heavy atom. The van der Waals surface area contributed by atoms with Crippen LogP contribution >= 0.6 is 11.3 Å². The van der Waals surface area contributed by atoms with E-state index in [0.29, 0.717) is 5.75 Å². The van der Waals surface area contributed by atoms with E-state index in [2.05, 4.69) is 0 Å². The Balaban J connectivity index is 2.84. The van der Waals surface area contributed by atoms with Gasteiger partial charge in [-0.2, -0.15) is 4.39 Å². The summed E-state index contributed by atoms with van der Waals surface area (Å²) in [7, 11) is 1.52. The second kappa shape index (κ2) is 2.13. The monoisotopic (exact) mass is 132 g/mol. The summed E-state index contributed by atoms with van der Waals surface area (Å²) < 4.78 is 16.8. The molecule has 0 radical (unpaired) electrons. The Bertz CT molecular complexity index is 173. The maximum atomic E-state index is 12.1. The lowest BCUT2D eigenvalue weighted by atomic mass is 10.6. The molecule has 1 aromatic rings. The summed E-state index contributed by atoms with van der Waals surface area (Å²) >= 11 is 1.04. The molecule has 0 saturated heterocycles. The van der Waals surface area contributed by atoms with Gasteiger partial charge in [-0.15, -0.1) is 11.3 Å². The molecule has 0 unspecified atom stereocenters. The van der Waals surface area contributed by atoms with Gasteiger partial charge in [0.2, 0.25) is 0 Å². The Morgan fingerprint density at radius 1 is 1.75 bits per heavy atom. The topological polar surface area (TPSA) is 9.23 Å². The van der Waals surface area contributed by atoms with Gasteiger partial charge in [0.15, 0.2) is 5.13 Å². The lowest BCUT2D eigenvalue weighted by Gasteiger charge is -1.86. The van der Waals surface area contributed by atoms with Crippen LogP contribution in [0.5, 0.6) is 5.75 Å². The van der Waals surface area contributed by atoms with Crippen molar-refractivity contribution in [1.29, 1.82) is 0 Å². The largest absolute Gasteiger partial charge is 0.496 e. The van der Waals surface area contributed by atoms with Crippen LogP contribution in [-0.4, -0.2) is 7.11 Å². The maximum absolute atomic E-state index is 12.1. The van der Waals surface area contributed by atoms with E-state index in [-0.39, 0.29) is 5.13 Å². The molecule has 1 heterocycles. The fourth-order valence-electron chi connectivity index (χ4n) is 0.401. The third kappa shape index (κ3) is 0.980. The van der Waals surface area contributed by atoms with Gasteiger partial charge in [0.1, 0.15) is 5.75 Å². The molecule has 1 rings (SSSR count). The summed E-state index contributed by atoms with van der Waals surface area (Å²) in [5.74, 6) is 0.590. The molecule has 3 heteroatoms. The molecule has 0 atom stereocenters. The van der Waals surface area contributed by atoms with Crippen LogP contribution in [0.2, 0.25) is 0 Å². The van der Waals surface area contributed by atoms with E-state index >= 15 is 0 Å². The van der Waals surface area contributed by atoms with Crippen LogP contribution in [0.25, 0.3) is 0 Å². The number of ether oxygens (including phenoxy) is 1. The molecule has 0 saturated carbocycles.